The monoisotopic (exact) mass is 271 g/mol. The summed E-state index contributed by atoms with van der Waals surface area (Å²) >= 11 is 0. The molecule has 2 aromatic rings. The number of phenolic OH excluding ortho intramolecular Hbond substituents is 2. The predicted molar refractivity (Wildman–Crippen MR) is 81.3 cm³/mol. The first-order valence-corrected chi connectivity index (χ1v) is 7.40. The van der Waals surface area contributed by atoms with Crippen LogP contribution in [0.2, 0.25) is 0 Å². The molecule has 0 saturated carbocycles. The Morgan fingerprint density at radius 2 is 1.70 bits per heavy atom. The summed E-state index contributed by atoms with van der Waals surface area (Å²) in [4.78, 5) is 2.49. The second kappa shape index (κ2) is 5.71. The van der Waals surface area contributed by atoms with Gasteiger partial charge in [-0.3, -0.25) is 0 Å². The molecule has 0 bridgehead atoms. The molecule has 3 nitrogen and oxygen atoms in total. The smallest absolute Gasteiger partial charge is 0.123 e. The van der Waals surface area contributed by atoms with Gasteiger partial charge in [0.1, 0.15) is 11.5 Å². The van der Waals surface area contributed by atoms with Crippen LogP contribution in [0.15, 0.2) is 30.3 Å². The first kappa shape index (κ1) is 13.3. The van der Waals surface area contributed by atoms with Gasteiger partial charge in [-0.2, -0.15) is 0 Å². The van der Waals surface area contributed by atoms with Gasteiger partial charge in [0.2, 0.25) is 0 Å². The Bertz CT molecular complexity index is 603. The van der Waals surface area contributed by atoms with E-state index in [0.717, 1.165) is 29.3 Å². The molecule has 0 spiro atoms. The lowest BCUT2D eigenvalue weighted by molar-refractivity contribution is 0.231. The summed E-state index contributed by atoms with van der Waals surface area (Å²) in [5.74, 6) is 0.490. The van der Waals surface area contributed by atoms with Gasteiger partial charge in [-0.15, -0.1) is 0 Å². The summed E-state index contributed by atoms with van der Waals surface area (Å²) in [5.41, 5.74) is 1.11. The van der Waals surface area contributed by atoms with Crippen LogP contribution in [0.5, 0.6) is 11.5 Å². The van der Waals surface area contributed by atoms with Gasteiger partial charge in [-0.05, 0) is 50.0 Å². The van der Waals surface area contributed by atoms with Crippen LogP contribution >= 0.6 is 0 Å². The number of likely N-dealkylation sites (tertiary alicyclic amines) is 1. The molecule has 1 saturated heterocycles. The number of hydrogen-bond acceptors (Lipinski definition) is 3. The first-order valence-electron chi connectivity index (χ1n) is 7.40. The van der Waals surface area contributed by atoms with E-state index in [1.807, 2.05) is 12.1 Å². The largest absolute Gasteiger partial charge is 0.507 e. The molecule has 1 aliphatic heterocycles. The Morgan fingerprint density at radius 1 is 0.900 bits per heavy atom. The number of aromatic hydroxyl groups is 2. The topological polar surface area (TPSA) is 43.7 Å². The fourth-order valence-electron chi connectivity index (χ4n) is 3.11. The van der Waals surface area contributed by atoms with Gasteiger partial charge < -0.3 is 15.1 Å². The lowest BCUT2D eigenvalue weighted by atomic mass is 10.00. The van der Waals surface area contributed by atoms with E-state index in [4.69, 9.17) is 0 Å². The van der Waals surface area contributed by atoms with Crippen LogP contribution in [0.4, 0.5) is 0 Å². The van der Waals surface area contributed by atoms with Crippen molar-refractivity contribution in [3.05, 3.63) is 35.9 Å². The molecule has 0 atom stereocenters. The van der Waals surface area contributed by atoms with E-state index in [0.29, 0.717) is 0 Å². The second-order valence-corrected chi connectivity index (χ2v) is 5.60. The quantitative estimate of drug-likeness (QED) is 0.900. The third kappa shape index (κ3) is 2.59. The lowest BCUT2D eigenvalue weighted by Crippen LogP contribution is -2.31. The van der Waals surface area contributed by atoms with E-state index in [-0.39, 0.29) is 11.5 Å². The maximum atomic E-state index is 10.1. The predicted octanol–water partition coefficient (Wildman–Crippen LogP) is 3.28. The minimum absolute atomic E-state index is 0.234. The highest BCUT2D eigenvalue weighted by Gasteiger charge is 2.13. The Morgan fingerprint density at radius 3 is 2.50 bits per heavy atom. The summed E-state index contributed by atoms with van der Waals surface area (Å²) in [7, 11) is 0. The van der Waals surface area contributed by atoms with Gasteiger partial charge in [0.05, 0.1) is 0 Å². The van der Waals surface area contributed by atoms with Crippen LogP contribution in [0.3, 0.4) is 0 Å². The fraction of sp³-hybridized carbons (Fsp3) is 0.412. The highest BCUT2D eigenvalue weighted by Crippen LogP contribution is 2.34. The normalized spacial score (nSPS) is 16.6. The average Bonchev–Trinajstić information content (AvgIpc) is 2.48. The summed E-state index contributed by atoms with van der Waals surface area (Å²) in [6.07, 6.45) is 4.84. The van der Waals surface area contributed by atoms with Crippen LogP contribution in [0, 0.1) is 0 Å². The third-order valence-electron chi connectivity index (χ3n) is 4.23. The van der Waals surface area contributed by atoms with Gasteiger partial charge in [-0.1, -0.05) is 24.6 Å². The molecule has 0 aromatic heterocycles. The van der Waals surface area contributed by atoms with Crippen LogP contribution in [-0.2, 0) is 6.42 Å². The summed E-state index contributed by atoms with van der Waals surface area (Å²) in [6, 6.07) is 8.97. The zero-order valence-corrected chi connectivity index (χ0v) is 11.7. The van der Waals surface area contributed by atoms with Gasteiger partial charge in [0.25, 0.3) is 0 Å². The maximum absolute atomic E-state index is 10.1. The molecule has 0 radical (unpaired) electrons. The van der Waals surface area contributed by atoms with E-state index in [2.05, 4.69) is 4.90 Å². The molecular weight excluding hydrogens is 250 g/mol. The molecule has 1 fully saturated rings. The zero-order valence-electron chi connectivity index (χ0n) is 11.7. The number of hydrogen-bond donors (Lipinski definition) is 2. The molecule has 0 aliphatic carbocycles. The second-order valence-electron chi connectivity index (χ2n) is 5.60. The SMILES string of the molecule is Oc1ccc(CCN2CCCCC2)c2c(O)cccc12. The Hall–Kier alpha value is -1.74. The molecule has 1 aliphatic rings. The van der Waals surface area contributed by atoms with Crippen molar-refractivity contribution >= 4 is 10.8 Å². The van der Waals surface area contributed by atoms with Crippen molar-refractivity contribution < 1.29 is 10.2 Å². The number of phenols is 2. The fourth-order valence-corrected chi connectivity index (χ4v) is 3.11. The summed E-state index contributed by atoms with van der Waals surface area (Å²) in [5, 5.41) is 21.5. The summed E-state index contributed by atoms with van der Waals surface area (Å²) in [6.45, 7) is 3.39. The van der Waals surface area contributed by atoms with Gasteiger partial charge in [-0.25, -0.2) is 0 Å². The van der Waals surface area contributed by atoms with Crippen molar-refractivity contribution in [3.63, 3.8) is 0 Å². The van der Waals surface area contributed by atoms with E-state index < -0.39 is 0 Å². The molecule has 2 aromatic carbocycles. The van der Waals surface area contributed by atoms with Crippen molar-refractivity contribution in [1.82, 2.24) is 4.90 Å². The first-order chi connectivity index (χ1) is 9.75. The number of nitrogens with zero attached hydrogens (tertiary/aromatic N) is 1. The third-order valence-corrected chi connectivity index (χ3v) is 4.23. The molecular formula is C17H21NO2. The van der Waals surface area contributed by atoms with Crippen LogP contribution < -0.4 is 0 Å². The van der Waals surface area contributed by atoms with Crippen LogP contribution in [0.25, 0.3) is 10.8 Å². The molecule has 0 unspecified atom stereocenters. The minimum atomic E-state index is 0.234. The van der Waals surface area contributed by atoms with E-state index >= 15 is 0 Å². The Kier molecular flexibility index (Phi) is 3.79. The number of piperidine rings is 1. The average molecular weight is 271 g/mol. The van der Waals surface area contributed by atoms with Crippen molar-refractivity contribution in [2.45, 2.75) is 25.7 Å². The molecule has 1 heterocycles. The molecule has 106 valence electrons. The molecule has 20 heavy (non-hydrogen) atoms. The van der Waals surface area contributed by atoms with Crippen molar-refractivity contribution in [2.24, 2.45) is 0 Å². The Labute approximate surface area is 119 Å². The molecule has 3 rings (SSSR count). The van der Waals surface area contributed by atoms with Crippen molar-refractivity contribution in [3.8, 4) is 11.5 Å². The standard InChI is InChI=1S/C17H21NO2/c19-15-8-7-13(9-12-18-10-2-1-3-11-18)17-14(15)5-4-6-16(17)20/h4-8,19-20H,1-3,9-12H2. The number of benzene rings is 2. The van der Waals surface area contributed by atoms with Crippen molar-refractivity contribution in [1.29, 1.82) is 0 Å². The maximum Gasteiger partial charge on any atom is 0.123 e. The Balaban J connectivity index is 1.85. The van der Waals surface area contributed by atoms with Crippen LogP contribution in [0.1, 0.15) is 24.8 Å². The molecule has 3 heteroatoms. The highest BCUT2D eigenvalue weighted by atomic mass is 16.3. The van der Waals surface area contributed by atoms with Gasteiger partial charge >= 0.3 is 0 Å². The van der Waals surface area contributed by atoms with Gasteiger partial charge in [0, 0.05) is 17.3 Å². The van der Waals surface area contributed by atoms with Crippen LogP contribution in [-0.4, -0.2) is 34.7 Å². The van der Waals surface area contributed by atoms with E-state index in [1.54, 1.807) is 18.2 Å². The highest BCUT2D eigenvalue weighted by molar-refractivity contribution is 5.95. The number of rotatable bonds is 3. The molecule has 0 amide bonds. The van der Waals surface area contributed by atoms with E-state index in [9.17, 15) is 10.2 Å². The van der Waals surface area contributed by atoms with Gasteiger partial charge in [0.15, 0.2) is 0 Å². The number of fused-ring (bicyclic) bond motifs is 1. The zero-order chi connectivity index (χ0) is 13.9. The van der Waals surface area contributed by atoms with E-state index in [1.165, 1.54) is 32.4 Å². The molecule has 2 N–H and O–H groups in total. The lowest BCUT2D eigenvalue weighted by Gasteiger charge is -2.26. The minimum Gasteiger partial charge on any atom is -0.507 e. The summed E-state index contributed by atoms with van der Waals surface area (Å²) < 4.78 is 0. The van der Waals surface area contributed by atoms with Crippen molar-refractivity contribution in [2.75, 3.05) is 19.6 Å².